The largest absolute Gasteiger partial charge is 0.435 e. The van der Waals surface area contributed by atoms with Gasteiger partial charge in [0.2, 0.25) is 0 Å². The molecule has 1 aliphatic rings. The Balaban J connectivity index is 1.75. The van der Waals surface area contributed by atoms with Crippen molar-refractivity contribution in [3.63, 3.8) is 0 Å². The SMILES string of the molecule is CC(CNc1cc(C(F)(F)F)nc2cc(C(F)(F)F)nn12)(c1ccc(F)cc1)C1CCNC1. The summed E-state index contributed by atoms with van der Waals surface area (Å²) >= 11 is 0. The molecule has 0 amide bonds. The molecule has 1 aromatic carbocycles. The van der Waals surface area contributed by atoms with Crippen molar-refractivity contribution in [2.75, 3.05) is 25.0 Å². The number of aromatic nitrogens is 3. The molecule has 2 aromatic heterocycles. The zero-order chi connectivity index (χ0) is 24.0. The molecule has 2 unspecified atom stereocenters. The molecule has 4 rings (SSSR count). The molecule has 1 fully saturated rings. The fraction of sp³-hybridized carbons (Fsp3) is 0.429. The van der Waals surface area contributed by atoms with Gasteiger partial charge in [-0.3, -0.25) is 0 Å². The molecule has 5 nitrogen and oxygen atoms in total. The predicted octanol–water partition coefficient (Wildman–Crippen LogP) is 4.89. The normalized spacial score (nSPS) is 19.1. The van der Waals surface area contributed by atoms with Crippen LogP contribution in [-0.2, 0) is 17.8 Å². The van der Waals surface area contributed by atoms with Gasteiger partial charge in [0.1, 0.15) is 11.6 Å². The third kappa shape index (κ3) is 4.61. The predicted molar refractivity (Wildman–Crippen MR) is 106 cm³/mol. The fourth-order valence-corrected chi connectivity index (χ4v) is 4.17. The number of nitrogens with zero attached hydrogens (tertiary/aromatic N) is 3. The van der Waals surface area contributed by atoms with Crippen molar-refractivity contribution in [2.45, 2.75) is 31.1 Å². The van der Waals surface area contributed by atoms with Crippen molar-refractivity contribution in [3.05, 3.63) is 59.2 Å². The van der Waals surface area contributed by atoms with Gasteiger partial charge < -0.3 is 10.6 Å². The second-order valence-corrected chi connectivity index (χ2v) is 8.29. The fourth-order valence-electron chi connectivity index (χ4n) is 4.17. The lowest BCUT2D eigenvalue weighted by Gasteiger charge is -2.36. The summed E-state index contributed by atoms with van der Waals surface area (Å²) in [5, 5.41) is 9.53. The minimum Gasteiger partial charge on any atom is -0.369 e. The van der Waals surface area contributed by atoms with E-state index in [1.165, 1.54) is 12.1 Å². The van der Waals surface area contributed by atoms with E-state index in [0.29, 0.717) is 18.7 Å². The average molecular weight is 475 g/mol. The maximum atomic E-state index is 13.5. The molecular formula is C21H20F7N5. The number of rotatable bonds is 5. The van der Waals surface area contributed by atoms with Crippen LogP contribution >= 0.6 is 0 Å². The molecule has 1 saturated heterocycles. The highest BCUT2D eigenvalue weighted by atomic mass is 19.4. The first-order chi connectivity index (χ1) is 15.4. The van der Waals surface area contributed by atoms with Gasteiger partial charge in [-0.15, -0.1) is 0 Å². The summed E-state index contributed by atoms with van der Waals surface area (Å²) < 4.78 is 93.8. The number of hydrogen-bond acceptors (Lipinski definition) is 4. The lowest BCUT2D eigenvalue weighted by molar-refractivity contribution is -0.142. The van der Waals surface area contributed by atoms with Crippen molar-refractivity contribution in [3.8, 4) is 0 Å². The molecular weight excluding hydrogens is 455 g/mol. The highest BCUT2D eigenvalue weighted by Crippen LogP contribution is 2.37. The van der Waals surface area contributed by atoms with Crippen LogP contribution in [0.3, 0.4) is 0 Å². The van der Waals surface area contributed by atoms with Gasteiger partial charge in [0.05, 0.1) is 0 Å². The number of anilines is 1. The molecule has 2 atom stereocenters. The Morgan fingerprint density at radius 1 is 1.03 bits per heavy atom. The van der Waals surface area contributed by atoms with Crippen LogP contribution < -0.4 is 10.6 Å². The molecule has 0 aliphatic carbocycles. The lowest BCUT2D eigenvalue weighted by atomic mass is 9.71. The monoisotopic (exact) mass is 475 g/mol. The van der Waals surface area contributed by atoms with E-state index in [-0.39, 0.29) is 18.3 Å². The van der Waals surface area contributed by atoms with E-state index in [4.69, 9.17) is 0 Å². The highest BCUT2D eigenvalue weighted by molar-refractivity contribution is 5.52. The molecule has 1 aliphatic heterocycles. The Hall–Kier alpha value is -2.89. The molecule has 12 heteroatoms. The third-order valence-corrected chi connectivity index (χ3v) is 6.11. The Kier molecular flexibility index (Phi) is 5.75. The lowest BCUT2D eigenvalue weighted by Crippen LogP contribution is -2.40. The molecule has 3 heterocycles. The van der Waals surface area contributed by atoms with Gasteiger partial charge in [0.25, 0.3) is 0 Å². The van der Waals surface area contributed by atoms with Gasteiger partial charge in [-0.05, 0) is 43.1 Å². The molecule has 0 radical (unpaired) electrons. The van der Waals surface area contributed by atoms with E-state index in [2.05, 4.69) is 20.7 Å². The zero-order valence-electron chi connectivity index (χ0n) is 17.4. The van der Waals surface area contributed by atoms with E-state index in [1.807, 2.05) is 6.92 Å². The second kappa shape index (κ2) is 8.15. The molecule has 2 N–H and O–H groups in total. The topological polar surface area (TPSA) is 54.2 Å². The Morgan fingerprint density at radius 2 is 1.70 bits per heavy atom. The van der Waals surface area contributed by atoms with Gasteiger partial charge in [0, 0.05) is 24.1 Å². The number of benzene rings is 1. The van der Waals surface area contributed by atoms with E-state index in [9.17, 15) is 30.7 Å². The smallest absolute Gasteiger partial charge is 0.369 e. The Morgan fingerprint density at radius 3 is 2.27 bits per heavy atom. The maximum Gasteiger partial charge on any atom is 0.435 e. The van der Waals surface area contributed by atoms with Crippen LogP contribution in [-0.4, -0.2) is 34.2 Å². The van der Waals surface area contributed by atoms with E-state index >= 15 is 0 Å². The maximum absolute atomic E-state index is 13.5. The van der Waals surface area contributed by atoms with Crippen molar-refractivity contribution >= 4 is 11.5 Å². The number of halogens is 7. The van der Waals surface area contributed by atoms with Crippen molar-refractivity contribution in [2.24, 2.45) is 5.92 Å². The molecule has 33 heavy (non-hydrogen) atoms. The summed E-state index contributed by atoms with van der Waals surface area (Å²) in [6, 6.07) is 6.91. The summed E-state index contributed by atoms with van der Waals surface area (Å²) in [6.07, 6.45) is -8.94. The van der Waals surface area contributed by atoms with Crippen LogP contribution in [0.4, 0.5) is 36.6 Å². The number of fused-ring (bicyclic) bond motifs is 1. The van der Waals surface area contributed by atoms with Crippen molar-refractivity contribution < 1.29 is 30.7 Å². The van der Waals surface area contributed by atoms with Crippen LogP contribution in [0.25, 0.3) is 5.65 Å². The molecule has 0 bridgehead atoms. The Labute approximate surface area is 184 Å². The van der Waals surface area contributed by atoms with Gasteiger partial charge in [-0.25, -0.2) is 9.37 Å². The summed E-state index contributed by atoms with van der Waals surface area (Å²) in [6.45, 7) is 3.34. The van der Waals surface area contributed by atoms with Gasteiger partial charge >= 0.3 is 12.4 Å². The summed E-state index contributed by atoms with van der Waals surface area (Å²) in [7, 11) is 0. The minimum atomic E-state index is -4.86. The first-order valence-electron chi connectivity index (χ1n) is 10.1. The van der Waals surface area contributed by atoms with Crippen LogP contribution in [0.5, 0.6) is 0 Å². The second-order valence-electron chi connectivity index (χ2n) is 8.29. The molecule has 3 aromatic rings. The van der Waals surface area contributed by atoms with E-state index in [0.717, 1.165) is 23.0 Å². The minimum absolute atomic E-state index is 0.0539. The van der Waals surface area contributed by atoms with Crippen molar-refractivity contribution in [1.29, 1.82) is 0 Å². The average Bonchev–Trinajstić information content (AvgIpc) is 3.41. The van der Waals surface area contributed by atoms with Gasteiger partial charge in [0.15, 0.2) is 17.0 Å². The number of alkyl halides is 6. The third-order valence-electron chi connectivity index (χ3n) is 6.11. The first kappa shape index (κ1) is 23.3. The van der Waals surface area contributed by atoms with Crippen molar-refractivity contribution in [1.82, 2.24) is 19.9 Å². The van der Waals surface area contributed by atoms with Crippen LogP contribution in [0.2, 0.25) is 0 Å². The summed E-state index contributed by atoms with van der Waals surface area (Å²) in [5.74, 6) is -0.652. The zero-order valence-corrected chi connectivity index (χ0v) is 17.4. The number of nitrogens with one attached hydrogen (secondary N) is 2. The van der Waals surface area contributed by atoms with Crippen LogP contribution in [0, 0.1) is 11.7 Å². The summed E-state index contributed by atoms with van der Waals surface area (Å²) in [5.41, 5.74) is -3.17. The molecule has 0 spiro atoms. The van der Waals surface area contributed by atoms with Crippen LogP contribution in [0.1, 0.15) is 30.3 Å². The highest BCUT2D eigenvalue weighted by Gasteiger charge is 2.40. The standard InChI is InChI=1S/C21H20F7N5/c1-19(13-6-7-29-10-13,12-2-4-14(22)5-3-12)11-30-17-8-15(20(23,24)25)31-18-9-16(21(26,27)28)32-33(17)18/h2-5,8-9,13,29-30H,6-7,10-11H2,1H3. The quantitative estimate of drug-likeness (QED) is 0.517. The van der Waals surface area contributed by atoms with E-state index in [1.54, 1.807) is 12.1 Å². The molecule has 178 valence electrons. The first-order valence-corrected chi connectivity index (χ1v) is 10.1. The molecule has 0 saturated carbocycles. The number of hydrogen-bond donors (Lipinski definition) is 2. The van der Waals surface area contributed by atoms with Gasteiger partial charge in [-0.2, -0.15) is 36.0 Å². The van der Waals surface area contributed by atoms with E-state index < -0.39 is 40.6 Å². The van der Waals surface area contributed by atoms with Crippen LogP contribution in [0.15, 0.2) is 36.4 Å². The van der Waals surface area contributed by atoms with Gasteiger partial charge in [-0.1, -0.05) is 19.1 Å². The summed E-state index contributed by atoms with van der Waals surface area (Å²) in [4.78, 5) is 3.31. The Bertz CT molecular complexity index is 1130.